The van der Waals surface area contributed by atoms with Gasteiger partial charge >= 0.3 is 13.7 Å². The molecule has 3 aromatic rings. The Morgan fingerprint density at radius 3 is 1.69 bits per heavy atom. The molecule has 1 N–H and O–H groups in total. The van der Waals surface area contributed by atoms with Crippen molar-refractivity contribution in [3.05, 3.63) is 95.6 Å². The summed E-state index contributed by atoms with van der Waals surface area (Å²) in [5, 5.41) is 2.74. The number of carbonyl (C=O) groups is 1. The molecule has 0 aromatic heterocycles. The highest BCUT2D eigenvalue weighted by atomic mass is 31.2. The smallest absolute Gasteiger partial charge is 0.445 e. The van der Waals surface area contributed by atoms with Crippen LogP contribution in [-0.2, 0) is 28.8 Å². The van der Waals surface area contributed by atoms with Gasteiger partial charge in [-0.15, -0.1) is 0 Å². The molecular formula is C28H34NO5P. The molecule has 0 aliphatic rings. The van der Waals surface area contributed by atoms with E-state index in [1.54, 1.807) is 24.3 Å². The lowest BCUT2D eigenvalue weighted by Gasteiger charge is -2.30. The molecule has 0 saturated carbocycles. The highest BCUT2D eigenvalue weighted by Crippen LogP contribution is 2.54. The Morgan fingerprint density at radius 2 is 1.26 bits per heavy atom. The van der Waals surface area contributed by atoms with Crippen LogP contribution in [0.4, 0.5) is 4.79 Å². The van der Waals surface area contributed by atoms with Crippen LogP contribution in [0.5, 0.6) is 11.5 Å². The predicted octanol–water partition coefficient (Wildman–Crippen LogP) is 7.37. The fourth-order valence-electron chi connectivity index (χ4n) is 3.49. The Balaban J connectivity index is 1.84. The van der Waals surface area contributed by atoms with Crippen molar-refractivity contribution in [2.24, 2.45) is 5.92 Å². The molecule has 0 radical (unpaired) electrons. The van der Waals surface area contributed by atoms with E-state index in [-0.39, 0.29) is 12.5 Å². The molecule has 0 saturated heterocycles. The van der Waals surface area contributed by atoms with Crippen LogP contribution in [0.2, 0.25) is 0 Å². The number of nitrogens with one attached hydrogen (secondary N) is 1. The maximum Gasteiger partial charge on any atom is 0.453 e. The lowest BCUT2D eigenvalue weighted by molar-refractivity contribution is 0.135. The first-order valence-corrected chi connectivity index (χ1v) is 13.6. The fourth-order valence-corrected chi connectivity index (χ4v) is 5.58. The first kappa shape index (κ1) is 26.4. The van der Waals surface area contributed by atoms with Gasteiger partial charge in [-0.25, -0.2) is 9.36 Å². The van der Waals surface area contributed by atoms with Gasteiger partial charge in [0.05, 0.1) is 0 Å². The van der Waals surface area contributed by atoms with Crippen LogP contribution >= 0.6 is 7.60 Å². The number of ether oxygens (including phenoxy) is 1. The van der Waals surface area contributed by atoms with Crippen molar-refractivity contribution in [3.63, 3.8) is 0 Å². The zero-order chi connectivity index (χ0) is 25.3. The summed E-state index contributed by atoms with van der Waals surface area (Å²) >= 11 is 0. The summed E-state index contributed by atoms with van der Waals surface area (Å²) in [6.45, 7) is 7.91. The van der Waals surface area contributed by atoms with Gasteiger partial charge in [-0.1, -0.05) is 82.3 Å². The van der Waals surface area contributed by atoms with Crippen LogP contribution in [0.1, 0.15) is 44.4 Å². The van der Waals surface area contributed by atoms with Gasteiger partial charge in [-0.2, -0.15) is 0 Å². The molecule has 3 aromatic carbocycles. The van der Waals surface area contributed by atoms with Crippen LogP contribution in [0.15, 0.2) is 78.9 Å². The number of rotatable bonds is 11. The molecule has 0 unspecified atom stereocenters. The van der Waals surface area contributed by atoms with Gasteiger partial charge in [0.2, 0.25) is 0 Å². The Kier molecular flexibility index (Phi) is 9.39. The fraction of sp³-hybridized carbons (Fsp3) is 0.321. The third-order valence-corrected chi connectivity index (χ3v) is 7.92. The zero-order valence-electron chi connectivity index (χ0n) is 20.8. The Hall–Kier alpha value is -3.24. The second-order valence-corrected chi connectivity index (χ2v) is 10.6. The maximum atomic E-state index is 14.3. The number of hydrogen-bond donors (Lipinski definition) is 1. The highest BCUT2D eigenvalue weighted by molar-refractivity contribution is 7.55. The molecule has 1 atom stereocenters. The molecule has 0 bridgehead atoms. The molecule has 3 rings (SSSR count). The summed E-state index contributed by atoms with van der Waals surface area (Å²) < 4.78 is 31.7. The first-order valence-electron chi connectivity index (χ1n) is 12.0. The maximum absolute atomic E-state index is 14.3. The number of benzene rings is 3. The van der Waals surface area contributed by atoms with Crippen molar-refractivity contribution >= 4 is 13.7 Å². The van der Waals surface area contributed by atoms with Crippen molar-refractivity contribution in [3.8, 4) is 11.5 Å². The third kappa shape index (κ3) is 7.63. The normalized spacial score (nSPS) is 12.1. The molecule has 0 aliphatic carbocycles. The number of alkyl carbamates (subject to hydrolysis) is 1. The largest absolute Gasteiger partial charge is 0.453 e. The van der Waals surface area contributed by atoms with E-state index in [4.69, 9.17) is 13.8 Å². The van der Waals surface area contributed by atoms with E-state index in [0.29, 0.717) is 11.5 Å². The zero-order valence-corrected chi connectivity index (χ0v) is 21.7. The summed E-state index contributed by atoms with van der Waals surface area (Å²) in [5.74, 6) is -0.404. The molecule has 35 heavy (non-hydrogen) atoms. The minimum Gasteiger partial charge on any atom is -0.445 e. The van der Waals surface area contributed by atoms with Crippen molar-refractivity contribution < 1.29 is 23.1 Å². The lowest BCUT2D eigenvalue weighted by atomic mass is 10.2. The molecular weight excluding hydrogens is 461 g/mol. The van der Waals surface area contributed by atoms with Crippen LogP contribution in [0.25, 0.3) is 0 Å². The van der Waals surface area contributed by atoms with E-state index < -0.39 is 19.5 Å². The average Bonchev–Trinajstić information content (AvgIpc) is 2.87. The monoisotopic (exact) mass is 495 g/mol. The predicted molar refractivity (Wildman–Crippen MR) is 139 cm³/mol. The van der Waals surface area contributed by atoms with Gasteiger partial charge in [0.1, 0.15) is 18.1 Å². The van der Waals surface area contributed by atoms with Crippen LogP contribution in [-0.4, -0.2) is 11.9 Å². The molecule has 0 spiro atoms. The second kappa shape index (κ2) is 12.5. The minimum absolute atomic E-state index is 0.0977. The van der Waals surface area contributed by atoms with E-state index in [1.165, 1.54) is 0 Å². The summed E-state index contributed by atoms with van der Waals surface area (Å²) in [6.07, 6.45) is 1.06. The summed E-state index contributed by atoms with van der Waals surface area (Å²) in [6, 6.07) is 24.1. The van der Waals surface area contributed by atoms with E-state index in [0.717, 1.165) is 29.5 Å². The first-order chi connectivity index (χ1) is 16.8. The Morgan fingerprint density at radius 1 is 0.771 bits per heavy atom. The van der Waals surface area contributed by atoms with Gasteiger partial charge in [-0.05, 0) is 59.7 Å². The topological polar surface area (TPSA) is 73.9 Å². The number of amides is 1. The second-order valence-electron chi connectivity index (χ2n) is 8.61. The van der Waals surface area contributed by atoms with E-state index in [2.05, 4.69) is 19.2 Å². The van der Waals surface area contributed by atoms with Gasteiger partial charge in [0, 0.05) is 0 Å². The molecule has 6 nitrogen and oxygen atoms in total. The molecule has 186 valence electrons. The summed E-state index contributed by atoms with van der Waals surface area (Å²) in [5.41, 5.74) is 3.11. The molecule has 0 aliphatic heterocycles. The van der Waals surface area contributed by atoms with Gasteiger partial charge < -0.3 is 19.1 Å². The summed E-state index contributed by atoms with van der Waals surface area (Å²) in [4.78, 5) is 12.7. The van der Waals surface area contributed by atoms with Crippen molar-refractivity contribution in [1.82, 2.24) is 5.32 Å². The summed E-state index contributed by atoms with van der Waals surface area (Å²) in [7, 11) is -3.94. The standard InChI is InChI=1S/C28H34NO5P/c1-5-22-12-16-25(17-13-22)33-35(31,34-26-18-14-23(6-2)15-19-26)27(21(3)4)29-28(30)32-20-24-10-8-7-9-11-24/h7-19,21,27H,5-6,20H2,1-4H3,(H,29,30)/t27-/m0/s1. The number of aryl methyl sites for hydroxylation is 2. The Bertz CT molecular complexity index is 1060. The molecule has 0 heterocycles. The van der Waals surface area contributed by atoms with Crippen LogP contribution in [0, 0.1) is 5.92 Å². The van der Waals surface area contributed by atoms with E-state index in [9.17, 15) is 9.36 Å². The van der Waals surface area contributed by atoms with E-state index >= 15 is 0 Å². The van der Waals surface area contributed by atoms with Crippen molar-refractivity contribution in [1.29, 1.82) is 0 Å². The Labute approximate surface area is 208 Å². The van der Waals surface area contributed by atoms with Gasteiger partial charge in [0.15, 0.2) is 5.78 Å². The third-order valence-electron chi connectivity index (χ3n) is 5.58. The SMILES string of the molecule is CCc1ccc(OP(=O)(Oc2ccc(CC)cc2)[C@H](NC(=O)OCc2ccccc2)C(C)C)cc1. The average molecular weight is 496 g/mol. The number of hydrogen-bond acceptors (Lipinski definition) is 5. The molecule has 7 heteroatoms. The minimum atomic E-state index is -3.94. The quantitative estimate of drug-likeness (QED) is 0.281. The van der Waals surface area contributed by atoms with Crippen LogP contribution in [0.3, 0.4) is 0 Å². The van der Waals surface area contributed by atoms with Gasteiger partial charge in [0.25, 0.3) is 0 Å². The van der Waals surface area contributed by atoms with Crippen molar-refractivity contribution in [2.75, 3.05) is 0 Å². The lowest BCUT2D eigenvalue weighted by Crippen LogP contribution is -2.41. The molecule has 1 amide bonds. The highest BCUT2D eigenvalue weighted by Gasteiger charge is 2.43. The van der Waals surface area contributed by atoms with Crippen LogP contribution < -0.4 is 14.4 Å². The number of carbonyl (C=O) groups excluding carboxylic acids is 1. The van der Waals surface area contributed by atoms with E-state index in [1.807, 2.05) is 68.4 Å². The van der Waals surface area contributed by atoms with Gasteiger partial charge in [-0.3, -0.25) is 0 Å². The molecule has 0 fully saturated rings. The van der Waals surface area contributed by atoms with Crippen molar-refractivity contribution in [2.45, 2.75) is 52.9 Å².